The minimum atomic E-state index is 0.251. The summed E-state index contributed by atoms with van der Waals surface area (Å²) in [7, 11) is 0. The van der Waals surface area contributed by atoms with Gasteiger partial charge in [-0.15, -0.1) is 0 Å². The second-order valence-corrected chi connectivity index (χ2v) is 5.18. The minimum Gasteiger partial charge on any atom is -0.453 e. The molecule has 0 unspecified atom stereocenters. The Morgan fingerprint density at radius 1 is 1.33 bits per heavy atom. The van der Waals surface area contributed by atoms with Gasteiger partial charge in [-0.25, -0.2) is 0 Å². The summed E-state index contributed by atoms with van der Waals surface area (Å²) >= 11 is 14.3. The number of hydrogen-bond donors (Lipinski definition) is 1. The molecule has 2 aromatic rings. The Bertz CT molecular complexity index is 606. The molecular weight excluding hydrogens is 336 g/mol. The predicted octanol–water partition coefficient (Wildman–Crippen LogP) is 3.92. The zero-order valence-electron chi connectivity index (χ0n) is 9.06. The number of halogens is 2. The van der Waals surface area contributed by atoms with E-state index in [2.05, 4.69) is 20.9 Å². The SMILES string of the molecule is NC(=S)c1ccncc1Oc1ccc(Br)cc1Cl. The van der Waals surface area contributed by atoms with E-state index in [9.17, 15) is 0 Å². The topological polar surface area (TPSA) is 48.1 Å². The number of ether oxygens (including phenoxy) is 1. The minimum absolute atomic E-state index is 0.251. The van der Waals surface area contributed by atoms with Crippen LogP contribution in [0.4, 0.5) is 0 Å². The highest BCUT2D eigenvalue weighted by atomic mass is 79.9. The van der Waals surface area contributed by atoms with Gasteiger partial charge in [0.25, 0.3) is 0 Å². The van der Waals surface area contributed by atoms with Gasteiger partial charge in [-0.2, -0.15) is 0 Å². The first kappa shape index (κ1) is 13.3. The molecule has 0 atom stereocenters. The van der Waals surface area contributed by atoms with E-state index in [-0.39, 0.29) is 4.99 Å². The van der Waals surface area contributed by atoms with Crippen LogP contribution in [-0.4, -0.2) is 9.97 Å². The van der Waals surface area contributed by atoms with Crippen LogP contribution in [0.15, 0.2) is 41.1 Å². The quantitative estimate of drug-likeness (QED) is 0.858. The van der Waals surface area contributed by atoms with Crippen molar-refractivity contribution in [2.24, 2.45) is 5.73 Å². The van der Waals surface area contributed by atoms with Crippen molar-refractivity contribution in [1.82, 2.24) is 4.98 Å². The van der Waals surface area contributed by atoms with E-state index in [1.165, 1.54) is 0 Å². The molecule has 0 spiro atoms. The van der Waals surface area contributed by atoms with Crippen molar-refractivity contribution in [2.45, 2.75) is 0 Å². The maximum absolute atomic E-state index is 6.07. The van der Waals surface area contributed by atoms with E-state index in [1.807, 2.05) is 6.07 Å². The fourth-order valence-corrected chi connectivity index (χ4v) is 2.22. The van der Waals surface area contributed by atoms with Gasteiger partial charge in [0.1, 0.15) is 10.7 Å². The van der Waals surface area contributed by atoms with Crippen LogP contribution in [-0.2, 0) is 0 Å². The molecule has 1 aromatic heterocycles. The van der Waals surface area contributed by atoms with Crippen LogP contribution in [0.5, 0.6) is 11.5 Å². The Labute approximate surface area is 123 Å². The lowest BCUT2D eigenvalue weighted by molar-refractivity contribution is 0.479. The standard InChI is InChI=1S/C12H8BrClN2OS/c13-7-1-2-10(9(14)5-7)17-11-6-16-4-3-8(11)12(15)18/h1-6H,(H2,15,18). The number of hydrogen-bond acceptors (Lipinski definition) is 3. The van der Waals surface area contributed by atoms with Crippen molar-refractivity contribution < 1.29 is 4.74 Å². The number of pyridine rings is 1. The first-order valence-corrected chi connectivity index (χ1v) is 6.52. The van der Waals surface area contributed by atoms with Crippen molar-refractivity contribution in [2.75, 3.05) is 0 Å². The molecule has 92 valence electrons. The Balaban J connectivity index is 2.37. The maximum Gasteiger partial charge on any atom is 0.155 e. The van der Waals surface area contributed by atoms with Crippen LogP contribution >= 0.6 is 39.7 Å². The predicted molar refractivity (Wildman–Crippen MR) is 79.4 cm³/mol. The van der Waals surface area contributed by atoms with Crippen molar-refractivity contribution >= 4 is 44.7 Å². The van der Waals surface area contributed by atoms with Crippen LogP contribution in [0.3, 0.4) is 0 Å². The lowest BCUT2D eigenvalue weighted by Crippen LogP contribution is -2.10. The van der Waals surface area contributed by atoms with E-state index in [0.29, 0.717) is 22.1 Å². The summed E-state index contributed by atoms with van der Waals surface area (Å²) in [6, 6.07) is 7.03. The summed E-state index contributed by atoms with van der Waals surface area (Å²) in [4.78, 5) is 4.23. The molecule has 2 rings (SSSR count). The van der Waals surface area contributed by atoms with Crippen molar-refractivity contribution in [3.05, 3.63) is 51.7 Å². The molecule has 3 nitrogen and oxygen atoms in total. The van der Waals surface area contributed by atoms with Gasteiger partial charge in [0.05, 0.1) is 16.8 Å². The second-order valence-electron chi connectivity index (χ2n) is 3.41. The molecule has 0 saturated heterocycles. The zero-order chi connectivity index (χ0) is 13.1. The summed E-state index contributed by atoms with van der Waals surface area (Å²) in [5, 5.41) is 0.488. The lowest BCUT2D eigenvalue weighted by Gasteiger charge is -2.10. The molecule has 0 radical (unpaired) electrons. The number of rotatable bonds is 3. The summed E-state index contributed by atoms with van der Waals surface area (Å²) in [5.41, 5.74) is 6.24. The molecule has 0 aliphatic heterocycles. The molecule has 0 aliphatic rings. The van der Waals surface area contributed by atoms with E-state index in [1.54, 1.807) is 30.6 Å². The van der Waals surface area contributed by atoms with Crippen LogP contribution in [0.1, 0.15) is 5.56 Å². The lowest BCUT2D eigenvalue weighted by atomic mass is 10.2. The Morgan fingerprint density at radius 2 is 2.11 bits per heavy atom. The van der Waals surface area contributed by atoms with E-state index in [4.69, 9.17) is 34.3 Å². The Kier molecular flexibility index (Phi) is 4.16. The van der Waals surface area contributed by atoms with Crippen LogP contribution in [0.2, 0.25) is 5.02 Å². The normalized spacial score (nSPS) is 10.1. The molecule has 6 heteroatoms. The van der Waals surface area contributed by atoms with Gasteiger partial charge < -0.3 is 10.5 Å². The zero-order valence-corrected chi connectivity index (χ0v) is 12.2. The van der Waals surface area contributed by atoms with E-state index in [0.717, 1.165) is 4.47 Å². The highest BCUT2D eigenvalue weighted by Crippen LogP contribution is 2.32. The van der Waals surface area contributed by atoms with Crippen molar-refractivity contribution in [3.8, 4) is 11.5 Å². The van der Waals surface area contributed by atoms with Gasteiger partial charge in [0, 0.05) is 10.7 Å². The number of nitrogens with two attached hydrogens (primary N) is 1. The van der Waals surface area contributed by atoms with Gasteiger partial charge in [0.2, 0.25) is 0 Å². The fourth-order valence-electron chi connectivity index (χ4n) is 1.34. The molecule has 0 saturated carbocycles. The second kappa shape index (κ2) is 5.65. The Morgan fingerprint density at radius 3 is 2.78 bits per heavy atom. The summed E-state index contributed by atoms with van der Waals surface area (Å²) in [6.45, 7) is 0. The third-order valence-corrected chi connectivity index (χ3v) is 3.17. The van der Waals surface area contributed by atoms with Gasteiger partial charge in [-0.3, -0.25) is 4.98 Å². The first-order valence-electron chi connectivity index (χ1n) is 4.94. The smallest absolute Gasteiger partial charge is 0.155 e. The van der Waals surface area contributed by atoms with Gasteiger partial charge in [0.15, 0.2) is 5.75 Å². The average Bonchev–Trinajstić information content (AvgIpc) is 2.33. The van der Waals surface area contributed by atoms with Crippen LogP contribution < -0.4 is 10.5 Å². The van der Waals surface area contributed by atoms with Gasteiger partial charge in [-0.05, 0) is 24.3 Å². The highest BCUT2D eigenvalue weighted by molar-refractivity contribution is 9.10. The van der Waals surface area contributed by atoms with E-state index < -0.39 is 0 Å². The molecule has 0 fully saturated rings. The highest BCUT2D eigenvalue weighted by Gasteiger charge is 2.09. The van der Waals surface area contributed by atoms with E-state index >= 15 is 0 Å². The first-order chi connectivity index (χ1) is 8.58. The molecule has 18 heavy (non-hydrogen) atoms. The Hall–Kier alpha value is -1.17. The molecular formula is C12H8BrClN2OS. The number of benzene rings is 1. The van der Waals surface area contributed by atoms with Crippen LogP contribution in [0.25, 0.3) is 0 Å². The number of nitrogens with zero attached hydrogens (tertiary/aromatic N) is 1. The monoisotopic (exact) mass is 342 g/mol. The molecule has 0 bridgehead atoms. The summed E-state index contributed by atoms with van der Waals surface area (Å²) in [6.07, 6.45) is 3.15. The fraction of sp³-hybridized carbons (Fsp3) is 0. The third-order valence-electron chi connectivity index (χ3n) is 2.16. The molecule has 1 heterocycles. The maximum atomic E-state index is 6.07. The summed E-state index contributed by atoms with van der Waals surface area (Å²) < 4.78 is 6.55. The summed E-state index contributed by atoms with van der Waals surface area (Å²) in [5.74, 6) is 1.000. The largest absolute Gasteiger partial charge is 0.453 e. The van der Waals surface area contributed by atoms with Crippen molar-refractivity contribution in [1.29, 1.82) is 0 Å². The van der Waals surface area contributed by atoms with Gasteiger partial charge in [-0.1, -0.05) is 39.7 Å². The van der Waals surface area contributed by atoms with Crippen molar-refractivity contribution in [3.63, 3.8) is 0 Å². The number of thiocarbonyl (C=S) groups is 1. The molecule has 2 N–H and O–H groups in total. The van der Waals surface area contributed by atoms with Crippen LogP contribution in [0, 0.1) is 0 Å². The van der Waals surface area contributed by atoms with Gasteiger partial charge >= 0.3 is 0 Å². The molecule has 1 aromatic carbocycles. The third kappa shape index (κ3) is 2.98. The molecule has 0 amide bonds. The molecule has 0 aliphatic carbocycles. The number of aromatic nitrogens is 1. The average molecular weight is 344 g/mol.